The lowest BCUT2D eigenvalue weighted by atomic mass is 10.1. The van der Waals surface area contributed by atoms with Crippen LogP contribution in [-0.2, 0) is 23.8 Å². The summed E-state index contributed by atoms with van der Waals surface area (Å²) in [5, 5.41) is 0. The second-order valence-electron chi connectivity index (χ2n) is 4.33. The molecular formula is C13H24O5S. The summed E-state index contributed by atoms with van der Waals surface area (Å²) >= 11 is 0. The molecule has 0 saturated heterocycles. The number of ether oxygens (including phenoxy) is 1. The predicted molar refractivity (Wildman–Crippen MR) is 74.3 cm³/mol. The van der Waals surface area contributed by atoms with Crippen molar-refractivity contribution in [3.05, 3.63) is 12.2 Å². The molecule has 0 spiro atoms. The zero-order valence-corrected chi connectivity index (χ0v) is 12.6. The Kier molecular flexibility index (Phi) is 10.5. The van der Waals surface area contributed by atoms with E-state index in [1.54, 1.807) is 0 Å². The molecule has 0 atom stereocenters. The first-order valence-electron chi connectivity index (χ1n) is 6.54. The molecule has 0 aliphatic carbocycles. The summed E-state index contributed by atoms with van der Waals surface area (Å²) in [6.07, 6.45) is 10.8. The van der Waals surface area contributed by atoms with E-state index in [0.29, 0.717) is 13.0 Å². The Morgan fingerprint density at radius 1 is 1.00 bits per heavy atom. The molecule has 0 N–H and O–H groups in total. The Morgan fingerprint density at radius 3 is 2.26 bits per heavy atom. The third-order valence-corrected chi connectivity index (χ3v) is 2.91. The first kappa shape index (κ1) is 18.1. The largest absolute Gasteiger partial charge is 0.466 e. The van der Waals surface area contributed by atoms with Gasteiger partial charge in [-0.05, 0) is 25.7 Å². The predicted octanol–water partition coefficient (Wildman–Crippen LogP) is 2.42. The minimum absolute atomic E-state index is 0.206. The van der Waals surface area contributed by atoms with E-state index < -0.39 is 10.1 Å². The van der Waals surface area contributed by atoms with Crippen LogP contribution in [0.1, 0.15) is 45.4 Å². The maximum absolute atomic E-state index is 10.7. The molecule has 0 aromatic rings. The fourth-order valence-electron chi connectivity index (χ4n) is 1.44. The van der Waals surface area contributed by atoms with Gasteiger partial charge in [-0.3, -0.25) is 8.98 Å². The van der Waals surface area contributed by atoms with Crippen molar-refractivity contribution in [3.8, 4) is 0 Å². The highest BCUT2D eigenvalue weighted by molar-refractivity contribution is 7.85. The Balaban J connectivity index is 3.23. The van der Waals surface area contributed by atoms with E-state index in [2.05, 4.69) is 4.18 Å². The van der Waals surface area contributed by atoms with E-state index in [0.717, 1.165) is 38.4 Å². The van der Waals surface area contributed by atoms with Gasteiger partial charge in [0.25, 0.3) is 10.1 Å². The van der Waals surface area contributed by atoms with Crippen LogP contribution in [0.15, 0.2) is 12.2 Å². The van der Waals surface area contributed by atoms with Gasteiger partial charge in [0.05, 0.1) is 19.5 Å². The number of allylic oxidation sites excluding steroid dienone is 1. The van der Waals surface area contributed by atoms with Gasteiger partial charge in [0.2, 0.25) is 0 Å². The molecule has 0 heterocycles. The smallest absolute Gasteiger partial charge is 0.302 e. The van der Waals surface area contributed by atoms with Crippen LogP contribution in [-0.4, -0.2) is 33.9 Å². The molecule has 5 nitrogen and oxygen atoms in total. The molecule has 112 valence electrons. The van der Waals surface area contributed by atoms with E-state index in [1.807, 2.05) is 12.2 Å². The lowest BCUT2D eigenvalue weighted by Crippen LogP contribution is -2.03. The maximum atomic E-state index is 10.7. The molecule has 0 aliphatic heterocycles. The Morgan fingerprint density at radius 2 is 1.63 bits per heavy atom. The molecule has 0 radical (unpaired) electrons. The highest BCUT2D eigenvalue weighted by atomic mass is 32.2. The molecule has 6 heteroatoms. The number of hydrogen-bond acceptors (Lipinski definition) is 5. The van der Waals surface area contributed by atoms with Gasteiger partial charge in [0.1, 0.15) is 0 Å². The van der Waals surface area contributed by atoms with Crippen LogP contribution in [0.4, 0.5) is 0 Å². The fourth-order valence-corrected chi connectivity index (χ4v) is 1.84. The van der Waals surface area contributed by atoms with Crippen molar-refractivity contribution in [1.29, 1.82) is 0 Å². The third kappa shape index (κ3) is 17.1. The van der Waals surface area contributed by atoms with E-state index in [1.165, 1.54) is 6.92 Å². The first-order valence-corrected chi connectivity index (χ1v) is 8.36. The molecule has 0 amide bonds. The third-order valence-electron chi connectivity index (χ3n) is 2.32. The van der Waals surface area contributed by atoms with Crippen molar-refractivity contribution in [2.45, 2.75) is 45.4 Å². The van der Waals surface area contributed by atoms with Crippen molar-refractivity contribution in [2.24, 2.45) is 0 Å². The molecule has 0 rings (SSSR count). The van der Waals surface area contributed by atoms with E-state index >= 15 is 0 Å². The van der Waals surface area contributed by atoms with Gasteiger partial charge in [-0.1, -0.05) is 25.0 Å². The number of unbranched alkanes of at least 4 members (excludes halogenated alkanes) is 4. The Bertz CT molecular complexity index is 359. The second-order valence-corrected chi connectivity index (χ2v) is 5.97. The zero-order valence-electron chi connectivity index (χ0n) is 11.8. The average Bonchev–Trinajstić information content (AvgIpc) is 2.28. The van der Waals surface area contributed by atoms with Crippen molar-refractivity contribution in [3.63, 3.8) is 0 Å². The number of hydrogen-bond donors (Lipinski definition) is 0. The van der Waals surface area contributed by atoms with Crippen LogP contribution in [0.5, 0.6) is 0 Å². The summed E-state index contributed by atoms with van der Waals surface area (Å²) in [5.74, 6) is -0.223. The number of carbonyl (C=O) groups is 1. The zero-order chi connectivity index (χ0) is 14.6. The summed E-state index contributed by atoms with van der Waals surface area (Å²) in [6.45, 7) is 2.13. The monoisotopic (exact) mass is 292 g/mol. The van der Waals surface area contributed by atoms with Crippen LogP contribution < -0.4 is 0 Å². The summed E-state index contributed by atoms with van der Waals surface area (Å²) < 4.78 is 30.7. The Labute approximate surface area is 116 Å². The molecule has 19 heavy (non-hydrogen) atoms. The highest BCUT2D eigenvalue weighted by Gasteiger charge is 1.98. The van der Waals surface area contributed by atoms with Gasteiger partial charge in [-0.2, -0.15) is 8.42 Å². The average molecular weight is 292 g/mol. The summed E-state index contributed by atoms with van der Waals surface area (Å²) in [6, 6.07) is 0. The van der Waals surface area contributed by atoms with E-state index in [-0.39, 0.29) is 12.6 Å². The fraction of sp³-hybridized carbons (Fsp3) is 0.769. The maximum Gasteiger partial charge on any atom is 0.302 e. The van der Waals surface area contributed by atoms with Gasteiger partial charge < -0.3 is 4.74 Å². The molecule has 0 saturated carbocycles. The number of carbonyl (C=O) groups excluding carboxylic acids is 1. The van der Waals surface area contributed by atoms with Crippen molar-refractivity contribution in [1.82, 2.24) is 0 Å². The number of rotatable bonds is 11. The molecular weight excluding hydrogens is 268 g/mol. The highest BCUT2D eigenvalue weighted by Crippen LogP contribution is 2.04. The van der Waals surface area contributed by atoms with Gasteiger partial charge in [-0.25, -0.2) is 0 Å². The van der Waals surface area contributed by atoms with Gasteiger partial charge >= 0.3 is 5.97 Å². The van der Waals surface area contributed by atoms with Crippen LogP contribution in [0.3, 0.4) is 0 Å². The van der Waals surface area contributed by atoms with Crippen LogP contribution >= 0.6 is 0 Å². The van der Waals surface area contributed by atoms with E-state index in [4.69, 9.17) is 4.74 Å². The van der Waals surface area contributed by atoms with Crippen LogP contribution in [0.2, 0.25) is 0 Å². The first-order chi connectivity index (χ1) is 8.92. The molecule has 0 aliphatic rings. The minimum atomic E-state index is -3.31. The van der Waals surface area contributed by atoms with E-state index in [9.17, 15) is 13.2 Å². The van der Waals surface area contributed by atoms with Crippen molar-refractivity contribution in [2.75, 3.05) is 19.5 Å². The molecule has 0 bridgehead atoms. The molecule has 0 aromatic heterocycles. The molecule has 0 fully saturated rings. The SMILES string of the molecule is CC(=O)OCCCCCC/C=C\CCOS(C)(=O)=O. The van der Waals surface area contributed by atoms with Crippen molar-refractivity contribution < 1.29 is 22.1 Å². The van der Waals surface area contributed by atoms with Gasteiger partial charge in [-0.15, -0.1) is 0 Å². The minimum Gasteiger partial charge on any atom is -0.466 e. The lowest BCUT2D eigenvalue weighted by Gasteiger charge is -2.01. The lowest BCUT2D eigenvalue weighted by molar-refractivity contribution is -0.141. The van der Waals surface area contributed by atoms with Crippen molar-refractivity contribution >= 4 is 16.1 Å². The Hall–Kier alpha value is -0.880. The summed E-state index contributed by atoms with van der Waals surface area (Å²) in [7, 11) is -3.31. The van der Waals surface area contributed by atoms with Crippen LogP contribution in [0, 0.1) is 0 Å². The number of esters is 1. The topological polar surface area (TPSA) is 69.7 Å². The molecule has 0 unspecified atom stereocenters. The second kappa shape index (κ2) is 11.0. The quantitative estimate of drug-likeness (QED) is 0.253. The standard InChI is InChI=1S/C13H24O5S/c1-13(14)17-11-9-7-5-3-4-6-8-10-12-18-19(2,15)16/h6,8H,3-5,7,9-12H2,1-2H3/b8-6-. The van der Waals surface area contributed by atoms with Gasteiger partial charge in [0.15, 0.2) is 0 Å². The van der Waals surface area contributed by atoms with Gasteiger partial charge in [0, 0.05) is 6.92 Å². The summed E-state index contributed by atoms with van der Waals surface area (Å²) in [5.41, 5.74) is 0. The normalized spacial score (nSPS) is 11.9. The molecule has 0 aromatic carbocycles. The summed E-state index contributed by atoms with van der Waals surface area (Å²) in [4.78, 5) is 10.5. The van der Waals surface area contributed by atoms with Crippen LogP contribution in [0.25, 0.3) is 0 Å².